The molecule has 5 heteroatoms. The molecule has 1 aliphatic rings. The number of carbonyl (C=O) groups excluding carboxylic acids is 1. The van der Waals surface area contributed by atoms with E-state index in [0.717, 1.165) is 42.8 Å². The summed E-state index contributed by atoms with van der Waals surface area (Å²) in [5, 5.41) is 3.93. The van der Waals surface area contributed by atoms with Gasteiger partial charge in [-0.1, -0.05) is 11.2 Å². The van der Waals surface area contributed by atoms with Gasteiger partial charge in [-0.05, 0) is 37.8 Å². The van der Waals surface area contributed by atoms with Gasteiger partial charge in [0.05, 0.1) is 11.7 Å². The molecular weight excluding hydrogens is 266 g/mol. The number of hydrogen-bond acceptors (Lipinski definition) is 4. The number of likely N-dealkylation sites (tertiary alicyclic amines) is 1. The second kappa shape index (κ2) is 6.08. The van der Waals surface area contributed by atoms with Crippen molar-refractivity contribution in [2.75, 3.05) is 6.54 Å². The van der Waals surface area contributed by atoms with Crippen LogP contribution in [0, 0.1) is 6.92 Å². The summed E-state index contributed by atoms with van der Waals surface area (Å²) in [4.78, 5) is 18.5. The number of carbonyl (C=O) groups is 1. The molecule has 1 saturated heterocycles. The maximum atomic E-state index is 12.5. The van der Waals surface area contributed by atoms with Crippen LogP contribution in [0.5, 0.6) is 0 Å². The molecule has 0 saturated carbocycles. The Bertz CT molecular complexity index is 609. The molecule has 110 valence electrons. The molecule has 3 heterocycles. The summed E-state index contributed by atoms with van der Waals surface area (Å²) >= 11 is 0. The van der Waals surface area contributed by atoms with E-state index in [2.05, 4.69) is 10.1 Å². The highest BCUT2D eigenvalue weighted by molar-refractivity contribution is 5.77. The van der Waals surface area contributed by atoms with Crippen molar-refractivity contribution in [3.63, 3.8) is 0 Å². The van der Waals surface area contributed by atoms with Crippen molar-refractivity contribution in [1.82, 2.24) is 15.0 Å². The molecule has 0 N–H and O–H groups in total. The summed E-state index contributed by atoms with van der Waals surface area (Å²) < 4.78 is 5.34. The lowest BCUT2D eigenvalue weighted by Gasteiger charge is -2.22. The molecule has 1 aliphatic heterocycles. The van der Waals surface area contributed by atoms with Gasteiger partial charge in [0.15, 0.2) is 5.76 Å². The second-order valence-corrected chi connectivity index (χ2v) is 5.48. The van der Waals surface area contributed by atoms with Gasteiger partial charge in [0.1, 0.15) is 0 Å². The fourth-order valence-corrected chi connectivity index (χ4v) is 2.84. The Morgan fingerprint density at radius 1 is 1.52 bits per heavy atom. The minimum atomic E-state index is 0.0487. The molecule has 2 aromatic rings. The van der Waals surface area contributed by atoms with Crippen LogP contribution in [0.1, 0.15) is 42.3 Å². The van der Waals surface area contributed by atoms with Gasteiger partial charge in [0.25, 0.3) is 0 Å². The van der Waals surface area contributed by atoms with Crippen LogP contribution < -0.4 is 0 Å². The minimum absolute atomic E-state index is 0.0487. The van der Waals surface area contributed by atoms with Crippen LogP contribution in [0.4, 0.5) is 0 Å². The highest BCUT2D eigenvalue weighted by Gasteiger charge is 2.32. The van der Waals surface area contributed by atoms with Gasteiger partial charge >= 0.3 is 0 Å². The van der Waals surface area contributed by atoms with Gasteiger partial charge in [-0.2, -0.15) is 0 Å². The molecule has 0 radical (unpaired) electrons. The van der Waals surface area contributed by atoms with Crippen molar-refractivity contribution in [2.24, 2.45) is 0 Å². The van der Waals surface area contributed by atoms with Crippen molar-refractivity contribution in [3.05, 3.63) is 47.6 Å². The summed E-state index contributed by atoms with van der Waals surface area (Å²) in [6.45, 7) is 2.70. The van der Waals surface area contributed by atoms with Crippen molar-refractivity contribution in [2.45, 2.75) is 38.6 Å². The van der Waals surface area contributed by atoms with Crippen molar-refractivity contribution in [3.8, 4) is 0 Å². The molecule has 1 unspecified atom stereocenters. The Kier molecular flexibility index (Phi) is 3.99. The third kappa shape index (κ3) is 3.12. The van der Waals surface area contributed by atoms with E-state index in [0.29, 0.717) is 6.42 Å². The van der Waals surface area contributed by atoms with Crippen LogP contribution in [-0.2, 0) is 11.2 Å². The van der Waals surface area contributed by atoms with Gasteiger partial charge in [0, 0.05) is 31.4 Å². The number of pyridine rings is 1. The zero-order chi connectivity index (χ0) is 14.7. The van der Waals surface area contributed by atoms with E-state index in [9.17, 15) is 4.79 Å². The molecule has 0 spiro atoms. The Morgan fingerprint density at radius 2 is 2.43 bits per heavy atom. The average molecular weight is 285 g/mol. The van der Waals surface area contributed by atoms with Crippen LogP contribution in [-0.4, -0.2) is 27.5 Å². The molecule has 1 amide bonds. The van der Waals surface area contributed by atoms with E-state index in [1.807, 2.05) is 36.2 Å². The predicted octanol–water partition coefficient (Wildman–Crippen LogP) is 2.67. The number of aryl methyl sites for hydroxylation is 2. The molecule has 1 fully saturated rings. The Morgan fingerprint density at radius 3 is 3.14 bits per heavy atom. The van der Waals surface area contributed by atoms with E-state index in [4.69, 9.17) is 4.52 Å². The van der Waals surface area contributed by atoms with Gasteiger partial charge in [-0.15, -0.1) is 0 Å². The summed E-state index contributed by atoms with van der Waals surface area (Å²) in [7, 11) is 0. The monoisotopic (exact) mass is 285 g/mol. The Balaban J connectivity index is 1.63. The molecule has 2 aromatic heterocycles. The molecule has 21 heavy (non-hydrogen) atoms. The first-order valence-electron chi connectivity index (χ1n) is 7.35. The molecule has 5 nitrogen and oxygen atoms in total. The molecular formula is C16H19N3O2. The maximum absolute atomic E-state index is 12.5. The molecule has 0 aromatic carbocycles. The van der Waals surface area contributed by atoms with Gasteiger partial charge in [-0.3, -0.25) is 9.78 Å². The number of hydrogen-bond donors (Lipinski definition) is 0. The summed E-state index contributed by atoms with van der Waals surface area (Å²) in [6, 6.07) is 5.88. The highest BCUT2D eigenvalue weighted by Crippen LogP contribution is 2.32. The predicted molar refractivity (Wildman–Crippen MR) is 77.5 cm³/mol. The normalized spacial score (nSPS) is 18.1. The summed E-state index contributed by atoms with van der Waals surface area (Å²) in [5.41, 5.74) is 1.96. The van der Waals surface area contributed by atoms with Gasteiger partial charge in [0.2, 0.25) is 5.91 Å². The molecule has 0 bridgehead atoms. The third-order valence-corrected chi connectivity index (χ3v) is 3.90. The first-order chi connectivity index (χ1) is 10.2. The van der Waals surface area contributed by atoms with Gasteiger partial charge in [-0.25, -0.2) is 0 Å². The largest absolute Gasteiger partial charge is 0.359 e. The highest BCUT2D eigenvalue weighted by atomic mass is 16.5. The molecule has 1 atom stereocenters. The fourth-order valence-electron chi connectivity index (χ4n) is 2.84. The van der Waals surface area contributed by atoms with Crippen molar-refractivity contribution < 1.29 is 9.32 Å². The number of rotatable bonds is 4. The zero-order valence-corrected chi connectivity index (χ0v) is 12.2. The van der Waals surface area contributed by atoms with Crippen LogP contribution in [0.25, 0.3) is 0 Å². The number of nitrogens with zero attached hydrogens (tertiary/aromatic N) is 3. The lowest BCUT2D eigenvalue weighted by Crippen LogP contribution is -2.30. The van der Waals surface area contributed by atoms with Crippen LogP contribution in [0.15, 0.2) is 35.1 Å². The van der Waals surface area contributed by atoms with Crippen molar-refractivity contribution >= 4 is 5.91 Å². The average Bonchev–Trinajstić information content (AvgIpc) is 3.14. The van der Waals surface area contributed by atoms with E-state index in [1.165, 1.54) is 0 Å². The van der Waals surface area contributed by atoms with Crippen LogP contribution in [0.3, 0.4) is 0 Å². The van der Waals surface area contributed by atoms with Crippen LogP contribution in [0.2, 0.25) is 0 Å². The summed E-state index contributed by atoms with van der Waals surface area (Å²) in [5.74, 6) is 0.982. The first kappa shape index (κ1) is 13.8. The van der Waals surface area contributed by atoms with E-state index in [1.54, 1.807) is 6.20 Å². The standard InChI is InChI=1S/C16H19N3O2/c1-12-10-15(21-18-12)14-5-3-9-19(14)16(20)7-6-13-4-2-8-17-11-13/h2,4,8,10-11,14H,3,5-7,9H2,1H3. The lowest BCUT2D eigenvalue weighted by molar-refractivity contribution is -0.132. The summed E-state index contributed by atoms with van der Waals surface area (Å²) in [6.07, 6.45) is 6.76. The topological polar surface area (TPSA) is 59.2 Å². The minimum Gasteiger partial charge on any atom is -0.359 e. The maximum Gasteiger partial charge on any atom is 0.223 e. The Hall–Kier alpha value is -2.17. The SMILES string of the molecule is Cc1cc(C2CCCN2C(=O)CCc2cccnc2)on1. The molecule has 3 rings (SSSR count). The first-order valence-corrected chi connectivity index (χ1v) is 7.35. The smallest absolute Gasteiger partial charge is 0.223 e. The number of amides is 1. The molecule has 0 aliphatic carbocycles. The van der Waals surface area contributed by atoms with Crippen molar-refractivity contribution in [1.29, 1.82) is 0 Å². The Labute approximate surface area is 124 Å². The van der Waals surface area contributed by atoms with Crippen LogP contribution >= 0.6 is 0 Å². The number of aromatic nitrogens is 2. The fraction of sp³-hybridized carbons (Fsp3) is 0.438. The third-order valence-electron chi connectivity index (χ3n) is 3.90. The van der Waals surface area contributed by atoms with E-state index >= 15 is 0 Å². The van der Waals surface area contributed by atoms with E-state index < -0.39 is 0 Å². The lowest BCUT2D eigenvalue weighted by atomic mass is 10.1. The second-order valence-electron chi connectivity index (χ2n) is 5.48. The van der Waals surface area contributed by atoms with Gasteiger partial charge < -0.3 is 9.42 Å². The van der Waals surface area contributed by atoms with E-state index in [-0.39, 0.29) is 11.9 Å². The zero-order valence-electron chi connectivity index (χ0n) is 12.2. The quantitative estimate of drug-likeness (QED) is 0.866.